The van der Waals surface area contributed by atoms with Gasteiger partial charge in [-0.1, -0.05) is 30.3 Å². The van der Waals surface area contributed by atoms with Crippen molar-refractivity contribution in [2.24, 2.45) is 5.92 Å². The molecule has 1 saturated heterocycles. The third-order valence-electron chi connectivity index (χ3n) is 4.76. The number of nitrogens with one attached hydrogen (secondary N) is 1. The third kappa shape index (κ3) is 4.42. The predicted octanol–water partition coefficient (Wildman–Crippen LogP) is 3.29. The van der Waals surface area contributed by atoms with Gasteiger partial charge in [-0.25, -0.2) is 4.98 Å². The van der Waals surface area contributed by atoms with E-state index in [1.54, 1.807) is 6.20 Å². The lowest BCUT2D eigenvalue weighted by molar-refractivity contribution is -0.163. The molecule has 1 aliphatic rings. The molecule has 0 bridgehead atoms. The summed E-state index contributed by atoms with van der Waals surface area (Å²) in [4.78, 5) is 30.2. The number of nitrogens with zero attached hydrogens (tertiary/aromatic N) is 1. The maximum atomic E-state index is 13.3. The molecular weight excluding hydrogens is 376 g/mol. The average molecular weight is 403 g/mol. The second kappa shape index (κ2) is 8.01. The molecule has 0 spiro atoms. The van der Waals surface area contributed by atoms with Crippen LogP contribution in [-0.4, -0.2) is 35.2 Å². The summed E-state index contributed by atoms with van der Waals surface area (Å²) in [6.45, 7) is 5.52. The first-order valence-electron chi connectivity index (χ1n) is 9.26. The van der Waals surface area contributed by atoms with Crippen LogP contribution in [-0.2, 0) is 25.5 Å². The number of carbonyl (C=O) groups excluding carboxylic acids is 2. The van der Waals surface area contributed by atoms with Gasteiger partial charge in [-0.3, -0.25) is 14.9 Å². The molecule has 0 aliphatic carbocycles. The molecule has 150 valence electrons. The van der Waals surface area contributed by atoms with E-state index in [1.807, 2.05) is 56.5 Å². The number of esters is 2. The van der Waals surface area contributed by atoms with Gasteiger partial charge in [-0.05, 0) is 32.8 Å². The van der Waals surface area contributed by atoms with Crippen molar-refractivity contribution < 1.29 is 19.1 Å². The van der Waals surface area contributed by atoms with Gasteiger partial charge in [0.2, 0.25) is 0 Å². The van der Waals surface area contributed by atoms with E-state index in [0.29, 0.717) is 6.42 Å². The van der Waals surface area contributed by atoms with Crippen LogP contribution in [0.5, 0.6) is 0 Å². The number of carbonyl (C=O) groups is 2. The maximum Gasteiger partial charge on any atom is 0.327 e. The molecule has 7 heteroatoms. The van der Waals surface area contributed by atoms with Gasteiger partial charge >= 0.3 is 11.9 Å². The van der Waals surface area contributed by atoms with Crippen LogP contribution in [0.4, 0.5) is 0 Å². The number of rotatable bonds is 5. The van der Waals surface area contributed by atoms with Gasteiger partial charge in [0.05, 0.1) is 19.1 Å². The quantitative estimate of drug-likeness (QED) is 0.774. The van der Waals surface area contributed by atoms with Crippen LogP contribution in [0, 0.1) is 5.92 Å². The number of ether oxygens (including phenoxy) is 2. The van der Waals surface area contributed by atoms with Crippen LogP contribution in [0.1, 0.15) is 43.8 Å². The van der Waals surface area contributed by atoms with Crippen LogP contribution < -0.4 is 5.32 Å². The molecule has 2 aromatic rings. The highest BCUT2D eigenvalue weighted by Crippen LogP contribution is 2.42. The van der Waals surface area contributed by atoms with E-state index in [4.69, 9.17) is 9.47 Å². The molecule has 0 saturated carbocycles. The van der Waals surface area contributed by atoms with Gasteiger partial charge in [0.1, 0.15) is 16.1 Å². The van der Waals surface area contributed by atoms with Crippen molar-refractivity contribution in [3.8, 4) is 0 Å². The first-order chi connectivity index (χ1) is 13.2. The number of aromatic nitrogens is 1. The van der Waals surface area contributed by atoms with E-state index in [-0.39, 0.29) is 18.4 Å². The summed E-state index contributed by atoms with van der Waals surface area (Å²) in [5.41, 5.74) is -0.684. The Hall–Kier alpha value is -2.25. The largest absolute Gasteiger partial charge is 0.469 e. The van der Waals surface area contributed by atoms with Crippen molar-refractivity contribution in [3.63, 3.8) is 0 Å². The summed E-state index contributed by atoms with van der Waals surface area (Å²) in [6, 6.07) is 9.34. The van der Waals surface area contributed by atoms with Crippen molar-refractivity contribution in [1.82, 2.24) is 10.3 Å². The summed E-state index contributed by atoms with van der Waals surface area (Å²) in [5, 5.41) is 6.03. The minimum atomic E-state index is -1.04. The molecule has 2 heterocycles. The topological polar surface area (TPSA) is 77.5 Å². The monoisotopic (exact) mass is 402 g/mol. The smallest absolute Gasteiger partial charge is 0.327 e. The molecule has 1 aliphatic heterocycles. The number of hydrogen-bond acceptors (Lipinski definition) is 7. The number of thiazole rings is 1. The second-order valence-corrected chi connectivity index (χ2v) is 9.00. The maximum absolute atomic E-state index is 13.3. The lowest BCUT2D eigenvalue weighted by Gasteiger charge is -2.32. The molecule has 3 atom stereocenters. The molecule has 0 amide bonds. The fourth-order valence-electron chi connectivity index (χ4n) is 3.60. The zero-order valence-electron chi connectivity index (χ0n) is 16.6. The fourth-order valence-corrected chi connectivity index (χ4v) is 4.35. The van der Waals surface area contributed by atoms with Gasteiger partial charge in [-0.15, -0.1) is 11.3 Å². The van der Waals surface area contributed by atoms with Crippen molar-refractivity contribution in [3.05, 3.63) is 52.5 Å². The Labute approximate surface area is 169 Å². The molecule has 1 aromatic heterocycles. The summed E-state index contributed by atoms with van der Waals surface area (Å²) in [5.74, 6) is -1.24. The van der Waals surface area contributed by atoms with Crippen LogP contribution in [0.15, 0.2) is 41.9 Å². The SMILES string of the molecule is COC(=O)[C@H]1C[C@@](Cc2ccccc2)(C(=O)OC(C)(C)C)N[C@H]1c1nccs1. The van der Waals surface area contributed by atoms with Crippen LogP contribution in [0.2, 0.25) is 0 Å². The average Bonchev–Trinajstić information content (AvgIpc) is 3.29. The van der Waals surface area contributed by atoms with E-state index in [2.05, 4.69) is 10.3 Å². The minimum absolute atomic E-state index is 0.285. The van der Waals surface area contributed by atoms with Crippen LogP contribution in [0.3, 0.4) is 0 Å². The molecular formula is C21H26N2O4S. The number of methoxy groups -OCH3 is 1. The van der Waals surface area contributed by atoms with Gasteiger partial charge in [0.15, 0.2) is 0 Å². The van der Waals surface area contributed by atoms with E-state index in [0.717, 1.165) is 10.6 Å². The highest BCUT2D eigenvalue weighted by molar-refractivity contribution is 7.09. The number of hydrogen-bond donors (Lipinski definition) is 1. The molecule has 1 N–H and O–H groups in total. The molecule has 6 nitrogen and oxygen atoms in total. The normalized spacial score (nSPS) is 24.7. The Morgan fingerprint density at radius 3 is 2.57 bits per heavy atom. The summed E-state index contributed by atoms with van der Waals surface area (Å²) < 4.78 is 10.8. The summed E-state index contributed by atoms with van der Waals surface area (Å²) in [7, 11) is 1.37. The third-order valence-corrected chi connectivity index (χ3v) is 5.62. The Morgan fingerprint density at radius 2 is 2.00 bits per heavy atom. The molecule has 1 fully saturated rings. The second-order valence-electron chi connectivity index (χ2n) is 8.07. The molecule has 1 aromatic carbocycles. The van der Waals surface area contributed by atoms with Crippen molar-refractivity contribution >= 4 is 23.3 Å². The van der Waals surface area contributed by atoms with Gasteiger partial charge in [-0.2, -0.15) is 0 Å². The standard InChI is InChI=1S/C21H26N2O4S/c1-20(2,3)27-19(25)21(12-14-8-6-5-7-9-14)13-15(18(24)26-4)16(23-21)17-22-10-11-28-17/h5-11,15-16,23H,12-13H2,1-4H3/t15-,16+,21-/m0/s1. The van der Waals surface area contributed by atoms with E-state index in [9.17, 15) is 9.59 Å². The first kappa shape index (κ1) is 20.5. The highest BCUT2D eigenvalue weighted by atomic mass is 32.1. The first-order valence-corrected chi connectivity index (χ1v) is 10.1. The van der Waals surface area contributed by atoms with Crippen molar-refractivity contribution in [2.75, 3.05) is 7.11 Å². The Morgan fingerprint density at radius 1 is 1.29 bits per heavy atom. The Balaban J connectivity index is 2.00. The van der Waals surface area contributed by atoms with Crippen LogP contribution in [0.25, 0.3) is 0 Å². The van der Waals surface area contributed by atoms with E-state index < -0.39 is 23.1 Å². The van der Waals surface area contributed by atoms with E-state index >= 15 is 0 Å². The van der Waals surface area contributed by atoms with Gasteiger partial charge in [0.25, 0.3) is 0 Å². The highest BCUT2D eigenvalue weighted by Gasteiger charge is 2.55. The van der Waals surface area contributed by atoms with Crippen molar-refractivity contribution in [1.29, 1.82) is 0 Å². The lowest BCUT2D eigenvalue weighted by atomic mass is 9.85. The minimum Gasteiger partial charge on any atom is -0.469 e. The van der Waals surface area contributed by atoms with Crippen LogP contribution >= 0.6 is 11.3 Å². The van der Waals surface area contributed by atoms with Gasteiger partial charge in [0, 0.05) is 18.0 Å². The molecule has 0 radical (unpaired) electrons. The van der Waals surface area contributed by atoms with Gasteiger partial charge < -0.3 is 9.47 Å². The molecule has 3 rings (SSSR count). The fraction of sp³-hybridized carbons (Fsp3) is 0.476. The van der Waals surface area contributed by atoms with Crippen molar-refractivity contribution in [2.45, 2.75) is 50.8 Å². The summed E-state index contributed by atoms with van der Waals surface area (Å²) >= 11 is 1.45. The lowest BCUT2D eigenvalue weighted by Crippen LogP contribution is -2.52. The molecule has 28 heavy (non-hydrogen) atoms. The zero-order chi connectivity index (χ0) is 20.4. The molecule has 0 unspecified atom stereocenters. The predicted molar refractivity (Wildman–Crippen MR) is 107 cm³/mol. The number of benzene rings is 1. The van der Waals surface area contributed by atoms with E-state index in [1.165, 1.54) is 18.4 Å². The Kier molecular flexibility index (Phi) is 5.86. The summed E-state index contributed by atoms with van der Waals surface area (Å²) in [6.07, 6.45) is 2.40. The zero-order valence-corrected chi connectivity index (χ0v) is 17.4. The Bertz CT molecular complexity index is 817.